The first-order valence-electron chi connectivity index (χ1n) is 7.07. The molecule has 0 spiro atoms. The van der Waals surface area contributed by atoms with Crippen molar-refractivity contribution in [3.63, 3.8) is 0 Å². The average molecular weight is 252 g/mol. The second-order valence-corrected chi connectivity index (χ2v) is 5.41. The van der Waals surface area contributed by atoms with Gasteiger partial charge < -0.3 is 4.42 Å². The van der Waals surface area contributed by atoms with Gasteiger partial charge in [0.2, 0.25) is 0 Å². The van der Waals surface area contributed by atoms with Crippen LogP contribution in [0.15, 0.2) is 34.9 Å². The Morgan fingerprint density at radius 1 is 1.16 bits per heavy atom. The van der Waals surface area contributed by atoms with Crippen LogP contribution in [0.4, 0.5) is 0 Å². The first-order chi connectivity index (χ1) is 9.22. The summed E-state index contributed by atoms with van der Waals surface area (Å²) in [5, 5.41) is 0. The van der Waals surface area contributed by atoms with Gasteiger partial charge in [0.15, 0.2) is 0 Å². The zero-order chi connectivity index (χ0) is 13.4. The van der Waals surface area contributed by atoms with Crippen molar-refractivity contribution in [1.82, 2.24) is 0 Å². The van der Waals surface area contributed by atoms with Crippen molar-refractivity contribution in [2.24, 2.45) is 0 Å². The number of allylic oxidation sites excluding steroid dienone is 2. The Hall–Kier alpha value is -1.76. The van der Waals surface area contributed by atoms with Gasteiger partial charge in [-0.3, -0.25) is 0 Å². The van der Waals surface area contributed by atoms with Gasteiger partial charge in [0.25, 0.3) is 0 Å². The Bertz CT molecular complexity index is 643. The standard InChI is InChI=1S/C18H20O/c1-4-7-16-15-9-6-5-8-14(15)10-17(16)18-13(3)12(2)11-19-18/h5-6,8-9,11H,4,7,10H2,1-3H3. The molecule has 1 aliphatic carbocycles. The lowest BCUT2D eigenvalue weighted by Gasteiger charge is -2.06. The molecule has 0 atom stereocenters. The molecule has 0 unspecified atom stereocenters. The van der Waals surface area contributed by atoms with Gasteiger partial charge in [0.1, 0.15) is 5.76 Å². The van der Waals surface area contributed by atoms with Gasteiger partial charge >= 0.3 is 0 Å². The Morgan fingerprint density at radius 3 is 2.63 bits per heavy atom. The summed E-state index contributed by atoms with van der Waals surface area (Å²) in [6.07, 6.45) is 5.20. The number of benzene rings is 1. The monoisotopic (exact) mass is 252 g/mol. The highest BCUT2D eigenvalue weighted by Crippen LogP contribution is 2.42. The summed E-state index contributed by atoms with van der Waals surface area (Å²) < 4.78 is 5.83. The van der Waals surface area contributed by atoms with E-state index >= 15 is 0 Å². The third-order valence-corrected chi connectivity index (χ3v) is 4.13. The van der Waals surface area contributed by atoms with E-state index in [0.29, 0.717) is 0 Å². The molecule has 1 nitrogen and oxygen atoms in total. The second-order valence-electron chi connectivity index (χ2n) is 5.41. The molecule has 19 heavy (non-hydrogen) atoms. The first-order valence-corrected chi connectivity index (χ1v) is 7.07. The van der Waals surface area contributed by atoms with E-state index in [-0.39, 0.29) is 0 Å². The lowest BCUT2D eigenvalue weighted by Crippen LogP contribution is -1.88. The summed E-state index contributed by atoms with van der Waals surface area (Å²) in [5.74, 6) is 1.09. The van der Waals surface area contributed by atoms with Gasteiger partial charge in [-0.15, -0.1) is 0 Å². The average Bonchev–Trinajstić information content (AvgIpc) is 2.93. The topological polar surface area (TPSA) is 13.1 Å². The smallest absolute Gasteiger partial charge is 0.133 e. The zero-order valence-electron chi connectivity index (χ0n) is 11.9. The summed E-state index contributed by atoms with van der Waals surface area (Å²) in [6, 6.07) is 8.75. The maximum atomic E-state index is 5.83. The fourth-order valence-corrected chi connectivity index (χ4v) is 2.98. The maximum Gasteiger partial charge on any atom is 0.133 e. The van der Waals surface area contributed by atoms with Gasteiger partial charge in [-0.1, -0.05) is 37.6 Å². The molecule has 1 aliphatic rings. The SMILES string of the molecule is CCCC1=C(c2occ(C)c2C)Cc2ccccc21. The van der Waals surface area contributed by atoms with Crippen molar-refractivity contribution in [3.05, 3.63) is 58.5 Å². The normalized spacial score (nSPS) is 14.1. The molecule has 1 heterocycles. The number of rotatable bonds is 3. The number of hydrogen-bond donors (Lipinski definition) is 0. The summed E-state index contributed by atoms with van der Waals surface area (Å²) in [5.41, 5.74) is 8.28. The molecule has 0 aliphatic heterocycles. The molecule has 3 rings (SSSR count). The molecule has 1 heteroatoms. The van der Waals surface area contributed by atoms with Crippen LogP contribution < -0.4 is 0 Å². The Labute approximate surface area is 115 Å². The lowest BCUT2D eigenvalue weighted by atomic mass is 9.99. The molecule has 0 fully saturated rings. The molecule has 0 radical (unpaired) electrons. The molecule has 0 saturated carbocycles. The van der Waals surface area contributed by atoms with Crippen molar-refractivity contribution in [2.75, 3.05) is 0 Å². The highest BCUT2D eigenvalue weighted by atomic mass is 16.3. The first kappa shape index (κ1) is 12.3. The van der Waals surface area contributed by atoms with E-state index < -0.39 is 0 Å². The van der Waals surface area contributed by atoms with Crippen molar-refractivity contribution >= 4 is 11.1 Å². The van der Waals surface area contributed by atoms with Crippen LogP contribution in [-0.4, -0.2) is 0 Å². The van der Waals surface area contributed by atoms with Crippen molar-refractivity contribution < 1.29 is 4.42 Å². The number of fused-ring (bicyclic) bond motifs is 1. The van der Waals surface area contributed by atoms with Crippen LogP contribution in [0.3, 0.4) is 0 Å². The van der Waals surface area contributed by atoms with Gasteiger partial charge in [-0.25, -0.2) is 0 Å². The van der Waals surface area contributed by atoms with E-state index in [2.05, 4.69) is 45.0 Å². The maximum absolute atomic E-state index is 5.83. The lowest BCUT2D eigenvalue weighted by molar-refractivity contribution is 0.548. The molecule has 1 aromatic heterocycles. The van der Waals surface area contributed by atoms with Gasteiger partial charge in [-0.2, -0.15) is 0 Å². The second kappa shape index (κ2) is 4.73. The third kappa shape index (κ3) is 1.94. The number of aryl methyl sites for hydroxylation is 1. The highest BCUT2D eigenvalue weighted by molar-refractivity contribution is 5.96. The Morgan fingerprint density at radius 2 is 1.95 bits per heavy atom. The van der Waals surface area contributed by atoms with Crippen LogP contribution in [0.25, 0.3) is 11.1 Å². The molecular weight excluding hydrogens is 232 g/mol. The van der Waals surface area contributed by atoms with Crippen molar-refractivity contribution in [3.8, 4) is 0 Å². The highest BCUT2D eigenvalue weighted by Gasteiger charge is 2.24. The largest absolute Gasteiger partial charge is 0.464 e. The number of furan rings is 1. The minimum Gasteiger partial charge on any atom is -0.464 e. The van der Waals surface area contributed by atoms with Crippen LogP contribution in [0.2, 0.25) is 0 Å². The molecule has 0 bridgehead atoms. The van der Waals surface area contributed by atoms with E-state index in [1.54, 1.807) is 0 Å². The van der Waals surface area contributed by atoms with Crippen LogP contribution in [-0.2, 0) is 6.42 Å². The molecular formula is C18H20O. The Balaban J connectivity index is 2.14. The van der Waals surface area contributed by atoms with Gasteiger partial charge in [0, 0.05) is 12.0 Å². The predicted octanol–water partition coefficient (Wildman–Crippen LogP) is 5.16. The number of hydrogen-bond acceptors (Lipinski definition) is 1. The summed E-state index contributed by atoms with van der Waals surface area (Å²) in [6.45, 7) is 6.52. The van der Waals surface area contributed by atoms with E-state index in [4.69, 9.17) is 4.42 Å². The molecule has 0 N–H and O–H groups in total. The van der Waals surface area contributed by atoms with Crippen LogP contribution >= 0.6 is 0 Å². The third-order valence-electron chi connectivity index (χ3n) is 4.13. The zero-order valence-corrected chi connectivity index (χ0v) is 11.9. The van der Waals surface area contributed by atoms with Crippen LogP contribution in [0, 0.1) is 13.8 Å². The molecule has 0 saturated heterocycles. The fraction of sp³-hybridized carbons (Fsp3) is 0.333. The van der Waals surface area contributed by atoms with Gasteiger partial charge in [0.05, 0.1) is 6.26 Å². The van der Waals surface area contributed by atoms with E-state index in [1.165, 1.54) is 39.8 Å². The molecule has 0 amide bonds. The van der Waals surface area contributed by atoms with Crippen molar-refractivity contribution in [1.29, 1.82) is 0 Å². The van der Waals surface area contributed by atoms with Crippen LogP contribution in [0.5, 0.6) is 0 Å². The van der Waals surface area contributed by atoms with Crippen LogP contribution in [0.1, 0.15) is 47.8 Å². The summed E-state index contributed by atoms with van der Waals surface area (Å²) in [7, 11) is 0. The van der Waals surface area contributed by atoms with E-state index in [1.807, 2.05) is 6.26 Å². The van der Waals surface area contributed by atoms with E-state index in [9.17, 15) is 0 Å². The molecule has 98 valence electrons. The predicted molar refractivity (Wildman–Crippen MR) is 80.1 cm³/mol. The summed E-state index contributed by atoms with van der Waals surface area (Å²) >= 11 is 0. The van der Waals surface area contributed by atoms with Crippen molar-refractivity contribution in [2.45, 2.75) is 40.0 Å². The summed E-state index contributed by atoms with van der Waals surface area (Å²) in [4.78, 5) is 0. The quantitative estimate of drug-likeness (QED) is 0.735. The fourth-order valence-electron chi connectivity index (χ4n) is 2.98. The minimum absolute atomic E-state index is 1.01. The Kier molecular flexibility index (Phi) is 3.06. The molecule has 2 aromatic rings. The van der Waals surface area contributed by atoms with Gasteiger partial charge in [-0.05, 0) is 48.1 Å². The molecule has 1 aromatic carbocycles. The minimum atomic E-state index is 1.01. The van der Waals surface area contributed by atoms with E-state index in [0.717, 1.165) is 18.6 Å².